The number of aliphatic hydroxyl groups is 3. The second-order valence-electron chi connectivity index (χ2n) is 8.51. The third-order valence-corrected chi connectivity index (χ3v) is 5.75. The van der Waals surface area contributed by atoms with Crippen molar-refractivity contribution in [3.63, 3.8) is 0 Å². The van der Waals surface area contributed by atoms with Gasteiger partial charge in [0.15, 0.2) is 0 Å². The summed E-state index contributed by atoms with van der Waals surface area (Å²) in [6.07, 6.45) is 20.0. The number of unbranched alkanes of at least 4 members (excludes halogenated alkanes) is 14. The molecule has 1 heterocycles. The van der Waals surface area contributed by atoms with Gasteiger partial charge in [-0.2, -0.15) is 0 Å². The average Bonchev–Trinajstić information content (AvgIpc) is 3.05. The van der Waals surface area contributed by atoms with Gasteiger partial charge in [-0.3, -0.25) is 0 Å². The lowest BCUT2D eigenvalue weighted by molar-refractivity contribution is -0.0703. The highest BCUT2D eigenvalue weighted by Crippen LogP contribution is 2.18. The van der Waals surface area contributed by atoms with Gasteiger partial charge in [-0.25, -0.2) is 0 Å². The maximum absolute atomic E-state index is 9.92. The van der Waals surface area contributed by atoms with Gasteiger partial charge in [0.2, 0.25) is 0 Å². The van der Waals surface area contributed by atoms with Gasteiger partial charge in [-0.15, -0.1) is 0 Å². The Balaban J connectivity index is 1.79. The molecule has 1 aliphatic heterocycles. The van der Waals surface area contributed by atoms with Crippen molar-refractivity contribution < 1.29 is 24.8 Å². The maximum atomic E-state index is 9.92. The Hall–Kier alpha value is -0.620. The highest BCUT2D eigenvalue weighted by atomic mass is 16.5. The Labute approximate surface area is 178 Å². The van der Waals surface area contributed by atoms with Crippen molar-refractivity contribution in [2.75, 3.05) is 13.2 Å². The quantitative estimate of drug-likeness (QED) is 0.208. The number of rotatable bonds is 19. The standard InChI is InChI=1S/C24H46O5/c1-2-3-4-5-6-7-8-9-10-11-12-13-14-15-16-17-18-28-19-22(26)24-23(27)21(25)20-29-24/h17-18,21-27H,2-16,19-20H2,1H3/b18-17+/t21-,22+,23-,24-/m1/s1. The van der Waals surface area contributed by atoms with Crippen LogP contribution in [0.4, 0.5) is 0 Å². The summed E-state index contributed by atoms with van der Waals surface area (Å²) in [5.74, 6) is 0. The summed E-state index contributed by atoms with van der Waals surface area (Å²) in [6.45, 7) is 2.38. The molecule has 0 aliphatic carbocycles. The summed E-state index contributed by atoms with van der Waals surface area (Å²) >= 11 is 0. The Morgan fingerprint density at radius 2 is 1.38 bits per heavy atom. The number of aliphatic hydroxyl groups excluding tert-OH is 3. The summed E-state index contributed by atoms with van der Waals surface area (Å²) in [5.41, 5.74) is 0. The van der Waals surface area contributed by atoms with E-state index >= 15 is 0 Å². The first kappa shape index (κ1) is 26.4. The molecule has 3 N–H and O–H groups in total. The molecular formula is C24H46O5. The molecule has 0 saturated carbocycles. The summed E-state index contributed by atoms with van der Waals surface area (Å²) in [5, 5.41) is 29.0. The fraction of sp³-hybridized carbons (Fsp3) is 0.917. The van der Waals surface area contributed by atoms with Gasteiger partial charge in [0.25, 0.3) is 0 Å². The van der Waals surface area contributed by atoms with Gasteiger partial charge in [0.05, 0.1) is 12.9 Å². The summed E-state index contributed by atoms with van der Waals surface area (Å²) in [6, 6.07) is 0. The van der Waals surface area contributed by atoms with Crippen LogP contribution in [-0.2, 0) is 9.47 Å². The van der Waals surface area contributed by atoms with Crippen LogP contribution in [-0.4, -0.2) is 52.9 Å². The minimum atomic E-state index is -1.05. The van der Waals surface area contributed by atoms with Crippen molar-refractivity contribution in [1.29, 1.82) is 0 Å². The van der Waals surface area contributed by atoms with Crippen LogP contribution in [0.2, 0.25) is 0 Å². The molecule has 0 spiro atoms. The summed E-state index contributed by atoms with van der Waals surface area (Å²) in [4.78, 5) is 0. The van der Waals surface area contributed by atoms with Crippen LogP contribution in [0.25, 0.3) is 0 Å². The molecule has 0 unspecified atom stereocenters. The predicted molar refractivity (Wildman–Crippen MR) is 118 cm³/mol. The first-order valence-corrected chi connectivity index (χ1v) is 12.1. The lowest BCUT2D eigenvalue weighted by Crippen LogP contribution is -2.40. The van der Waals surface area contributed by atoms with Crippen LogP contribution < -0.4 is 0 Å². The largest absolute Gasteiger partial charge is 0.499 e. The molecule has 5 nitrogen and oxygen atoms in total. The van der Waals surface area contributed by atoms with Crippen molar-refractivity contribution in [2.24, 2.45) is 0 Å². The first-order chi connectivity index (χ1) is 14.2. The van der Waals surface area contributed by atoms with Gasteiger partial charge in [0, 0.05) is 0 Å². The second-order valence-corrected chi connectivity index (χ2v) is 8.51. The van der Waals surface area contributed by atoms with Crippen molar-refractivity contribution >= 4 is 0 Å². The molecule has 5 heteroatoms. The highest BCUT2D eigenvalue weighted by Gasteiger charge is 2.39. The Morgan fingerprint density at radius 3 is 1.86 bits per heavy atom. The molecule has 0 aromatic heterocycles. The molecule has 4 atom stereocenters. The van der Waals surface area contributed by atoms with E-state index in [-0.39, 0.29) is 13.2 Å². The van der Waals surface area contributed by atoms with E-state index in [0.717, 1.165) is 12.8 Å². The normalized spacial score (nSPS) is 23.1. The van der Waals surface area contributed by atoms with Crippen LogP contribution in [0.5, 0.6) is 0 Å². The Bertz CT molecular complexity index is 387. The fourth-order valence-electron chi connectivity index (χ4n) is 3.81. The second kappa shape index (κ2) is 18.2. The summed E-state index contributed by atoms with van der Waals surface area (Å²) < 4.78 is 10.5. The van der Waals surface area contributed by atoms with Crippen molar-refractivity contribution in [3.05, 3.63) is 12.3 Å². The van der Waals surface area contributed by atoms with Crippen molar-refractivity contribution in [2.45, 2.75) is 128 Å². The number of hydrogen-bond acceptors (Lipinski definition) is 5. The van der Waals surface area contributed by atoms with Gasteiger partial charge < -0.3 is 24.8 Å². The SMILES string of the molecule is CCCCCCCCCCCCCCCC/C=C/OC[C@H](O)[C@H]1OC[C@@H](O)[C@H]1O. The maximum Gasteiger partial charge on any atom is 0.117 e. The molecule has 1 saturated heterocycles. The van der Waals surface area contributed by atoms with Crippen LogP contribution in [0.1, 0.15) is 103 Å². The van der Waals surface area contributed by atoms with Gasteiger partial charge in [0.1, 0.15) is 31.0 Å². The van der Waals surface area contributed by atoms with Gasteiger partial charge in [-0.05, 0) is 18.9 Å². The Kier molecular flexibility index (Phi) is 16.6. The molecule has 0 radical (unpaired) electrons. The summed E-state index contributed by atoms with van der Waals surface area (Å²) in [7, 11) is 0. The molecule has 1 fully saturated rings. The fourth-order valence-corrected chi connectivity index (χ4v) is 3.81. The van der Waals surface area contributed by atoms with E-state index in [2.05, 4.69) is 6.92 Å². The molecule has 172 valence electrons. The molecule has 0 aromatic rings. The van der Waals surface area contributed by atoms with E-state index in [1.807, 2.05) is 6.08 Å². The van der Waals surface area contributed by atoms with Crippen molar-refractivity contribution in [1.82, 2.24) is 0 Å². The first-order valence-electron chi connectivity index (χ1n) is 12.1. The third-order valence-electron chi connectivity index (χ3n) is 5.75. The van der Waals surface area contributed by atoms with E-state index in [4.69, 9.17) is 9.47 Å². The van der Waals surface area contributed by atoms with Crippen LogP contribution in [0.3, 0.4) is 0 Å². The zero-order valence-corrected chi connectivity index (χ0v) is 18.6. The average molecular weight is 415 g/mol. The molecule has 29 heavy (non-hydrogen) atoms. The molecular weight excluding hydrogens is 368 g/mol. The van der Waals surface area contributed by atoms with E-state index in [1.165, 1.54) is 83.5 Å². The van der Waals surface area contributed by atoms with E-state index < -0.39 is 24.4 Å². The van der Waals surface area contributed by atoms with E-state index in [1.54, 1.807) is 6.26 Å². The van der Waals surface area contributed by atoms with Crippen LogP contribution in [0.15, 0.2) is 12.3 Å². The minimum Gasteiger partial charge on any atom is -0.499 e. The van der Waals surface area contributed by atoms with Crippen LogP contribution in [0, 0.1) is 0 Å². The third kappa shape index (κ3) is 13.3. The van der Waals surface area contributed by atoms with Gasteiger partial charge >= 0.3 is 0 Å². The number of hydrogen-bond donors (Lipinski definition) is 3. The van der Waals surface area contributed by atoms with Gasteiger partial charge in [-0.1, -0.05) is 90.4 Å². The van der Waals surface area contributed by atoms with E-state index in [0.29, 0.717) is 0 Å². The van der Waals surface area contributed by atoms with E-state index in [9.17, 15) is 15.3 Å². The van der Waals surface area contributed by atoms with Crippen molar-refractivity contribution in [3.8, 4) is 0 Å². The molecule has 0 amide bonds. The topological polar surface area (TPSA) is 79.2 Å². The smallest absolute Gasteiger partial charge is 0.117 e. The Morgan fingerprint density at radius 1 is 0.862 bits per heavy atom. The molecule has 0 aromatic carbocycles. The number of ether oxygens (including phenoxy) is 2. The highest BCUT2D eigenvalue weighted by molar-refractivity contribution is 4.88. The lowest BCUT2D eigenvalue weighted by atomic mass is 10.0. The number of allylic oxidation sites excluding steroid dienone is 1. The predicted octanol–water partition coefficient (Wildman–Crippen LogP) is 4.87. The molecule has 0 bridgehead atoms. The monoisotopic (exact) mass is 414 g/mol. The zero-order chi connectivity index (χ0) is 21.2. The lowest BCUT2D eigenvalue weighted by Gasteiger charge is -2.20. The zero-order valence-electron chi connectivity index (χ0n) is 18.6. The minimum absolute atomic E-state index is 0.0534. The molecule has 1 rings (SSSR count). The molecule has 1 aliphatic rings. The van der Waals surface area contributed by atoms with Crippen LogP contribution >= 0.6 is 0 Å².